The largest absolute Gasteiger partial charge is 0.487 e. The zero-order valence-electron chi connectivity index (χ0n) is 8.30. The van der Waals surface area contributed by atoms with Gasteiger partial charge in [0.15, 0.2) is 17.4 Å². The van der Waals surface area contributed by atoms with Gasteiger partial charge in [-0.15, -0.1) is 0 Å². The first-order valence-corrected chi connectivity index (χ1v) is 5.01. The number of hydrogen-bond donors (Lipinski definition) is 1. The molecule has 1 saturated carbocycles. The minimum atomic E-state index is -0.670. The highest BCUT2D eigenvalue weighted by atomic mass is 19.1. The van der Waals surface area contributed by atoms with Crippen LogP contribution in [-0.2, 0) is 6.54 Å². The fourth-order valence-corrected chi connectivity index (χ4v) is 1.35. The molecule has 0 unspecified atom stereocenters. The van der Waals surface area contributed by atoms with E-state index >= 15 is 0 Å². The Hall–Kier alpha value is -1.16. The van der Waals surface area contributed by atoms with Crippen LogP contribution in [0.3, 0.4) is 0 Å². The van der Waals surface area contributed by atoms with E-state index in [9.17, 15) is 8.78 Å². The van der Waals surface area contributed by atoms with Gasteiger partial charge in [-0.05, 0) is 36.5 Å². The number of benzene rings is 1. The van der Waals surface area contributed by atoms with Crippen molar-refractivity contribution in [3.05, 3.63) is 29.3 Å². The van der Waals surface area contributed by atoms with Gasteiger partial charge in [0.2, 0.25) is 0 Å². The van der Waals surface area contributed by atoms with E-state index < -0.39 is 11.6 Å². The summed E-state index contributed by atoms with van der Waals surface area (Å²) in [5.41, 5.74) is 5.73. The highest BCUT2D eigenvalue weighted by Gasteiger charge is 2.23. The molecule has 0 aromatic heterocycles. The summed E-state index contributed by atoms with van der Waals surface area (Å²) in [4.78, 5) is 0. The molecule has 1 aliphatic carbocycles. The summed E-state index contributed by atoms with van der Waals surface area (Å²) in [6, 6.07) is 2.43. The summed E-state index contributed by atoms with van der Waals surface area (Å²) in [5, 5.41) is 0. The highest BCUT2D eigenvalue weighted by Crippen LogP contribution is 2.31. The third kappa shape index (κ3) is 2.45. The Balaban J connectivity index is 2.13. The summed E-state index contributed by atoms with van der Waals surface area (Å²) in [7, 11) is 0. The minimum absolute atomic E-state index is 0.122. The van der Waals surface area contributed by atoms with Crippen molar-refractivity contribution in [2.24, 2.45) is 11.7 Å². The van der Waals surface area contributed by atoms with Gasteiger partial charge < -0.3 is 10.5 Å². The van der Waals surface area contributed by atoms with Crippen LogP contribution < -0.4 is 10.5 Å². The van der Waals surface area contributed by atoms with Crippen molar-refractivity contribution in [1.82, 2.24) is 0 Å². The molecule has 82 valence electrons. The van der Waals surface area contributed by atoms with Gasteiger partial charge in [-0.1, -0.05) is 0 Å². The molecule has 2 N–H and O–H groups in total. The van der Waals surface area contributed by atoms with Gasteiger partial charge in [0.05, 0.1) is 6.61 Å². The zero-order valence-corrected chi connectivity index (χ0v) is 8.30. The van der Waals surface area contributed by atoms with E-state index in [0.717, 1.165) is 12.8 Å². The van der Waals surface area contributed by atoms with Crippen molar-refractivity contribution in [3.8, 4) is 5.75 Å². The summed E-state index contributed by atoms with van der Waals surface area (Å²) >= 11 is 0. The van der Waals surface area contributed by atoms with Crippen LogP contribution in [0.4, 0.5) is 8.78 Å². The molecule has 0 radical (unpaired) electrons. The molecule has 1 aliphatic rings. The first-order valence-electron chi connectivity index (χ1n) is 5.01. The lowest BCUT2D eigenvalue weighted by atomic mass is 10.2. The van der Waals surface area contributed by atoms with Gasteiger partial charge >= 0.3 is 0 Å². The summed E-state index contributed by atoms with van der Waals surface area (Å²) in [5.74, 6) is -1.15. The Kier molecular flexibility index (Phi) is 2.86. The third-order valence-corrected chi connectivity index (χ3v) is 2.45. The molecule has 0 amide bonds. The molecule has 2 rings (SSSR count). The maximum Gasteiger partial charge on any atom is 0.190 e. The van der Waals surface area contributed by atoms with Crippen molar-refractivity contribution in [3.63, 3.8) is 0 Å². The number of nitrogens with two attached hydrogens (primary N) is 1. The number of hydrogen-bond acceptors (Lipinski definition) is 2. The van der Waals surface area contributed by atoms with Crippen LogP contribution in [0.15, 0.2) is 12.1 Å². The van der Waals surface area contributed by atoms with Crippen molar-refractivity contribution < 1.29 is 13.5 Å². The molecule has 1 fully saturated rings. The Morgan fingerprint density at radius 1 is 1.27 bits per heavy atom. The third-order valence-electron chi connectivity index (χ3n) is 2.45. The van der Waals surface area contributed by atoms with Crippen LogP contribution in [0.1, 0.15) is 18.4 Å². The quantitative estimate of drug-likeness (QED) is 0.832. The molecule has 1 aromatic carbocycles. The Morgan fingerprint density at radius 3 is 2.33 bits per heavy atom. The van der Waals surface area contributed by atoms with E-state index in [1.807, 2.05) is 0 Å². The molecule has 4 heteroatoms. The second-order valence-corrected chi connectivity index (χ2v) is 3.85. The average Bonchev–Trinajstić information content (AvgIpc) is 3.00. The van der Waals surface area contributed by atoms with E-state index in [1.165, 1.54) is 12.1 Å². The Labute approximate surface area is 87.0 Å². The van der Waals surface area contributed by atoms with Crippen molar-refractivity contribution >= 4 is 0 Å². The van der Waals surface area contributed by atoms with E-state index in [1.54, 1.807) is 0 Å². The van der Waals surface area contributed by atoms with E-state index in [0.29, 0.717) is 18.1 Å². The monoisotopic (exact) mass is 213 g/mol. The van der Waals surface area contributed by atoms with Gasteiger partial charge in [0, 0.05) is 6.54 Å². The standard InChI is InChI=1S/C11H13F2NO/c12-9-3-8(5-14)4-10(13)11(9)15-6-7-1-2-7/h3-4,7H,1-2,5-6,14H2. The summed E-state index contributed by atoms with van der Waals surface area (Å²) in [6.07, 6.45) is 2.17. The second kappa shape index (κ2) is 4.14. The van der Waals surface area contributed by atoms with Crippen LogP contribution in [0, 0.1) is 17.6 Å². The maximum atomic E-state index is 13.3. The van der Waals surface area contributed by atoms with Crippen molar-refractivity contribution in [1.29, 1.82) is 0 Å². The SMILES string of the molecule is NCc1cc(F)c(OCC2CC2)c(F)c1. The van der Waals surface area contributed by atoms with Crippen LogP contribution in [0.25, 0.3) is 0 Å². The van der Waals surface area contributed by atoms with Gasteiger partial charge in [-0.2, -0.15) is 0 Å². The average molecular weight is 213 g/mol. The van der Waals surface area contributed by atoms with Crippen molar-refractivity contribution in [2.75, 3.05) is 6.61 Å². The second-order valence-electron chi connectivity index (χ2n) is 3.85. The molecular weight excluding hydrogens is 200 g/mol. The van der Waals surface area contributed by atoms with Crippen LogP contribution in [0.5, 0.6) is 5.75 Å². The smallest absolute Gasteiger partial charge is 0.190 e. The van der Waals surface area contributed by atoms with Crippen LogP contribution in [-0.4, -0.2) is 6.61 Å². The summed E-state index contributed by atoms with van der Waals surface area (Å²) < 4.78 is 31.8. The highest BCUT2D eigenvalue weighted by molar-refractivity contribution is 5.31. The zero-order chi connectivity index (χ0) is 10.8. The number of ether oxygens (including phenoxy) is 1. The molecule has 1 aromatic rings. The Morgan fingerprint density at radius 2 is 1.87 bits per heavy atom. The Bertz CT molecular complexity index is 341. The van der Waals surface area contributed by atoms with Gasteiger partial charge in [0.1, 0.15) is 0 Å². The summed E-state index contributed by atoms with van der Waals surface area (Å²) in [6.45, 7) is 0.520. The van der Waals surface area contributed by atoms with Gasteiger partial charge in [-0.3, -0.25) is 0 Å². The lowest BCUT2D eigenvalue weighted by Crippen LogP contribution is -2.05. The van der Waals surface area contributed by atoms with Crippen LogP contribution in [0.2, 0.25) is 0 Å². The van der Waals surface area contributed by atoms with E-state index in [2.05, 4.69) is 0 Å². The lowest BCUT2D eigenvalue weighted by molar-refractivity contribution is 0.270. The molecule has 0 bridgehead atoms. The molecule has 0 spiro atoms. The predicted octanol–water partition coefficient (Wildman–Crippen LogP) is 2.21. The first-order chi connectivity index (χ1) is 7.20. The maximum absolute atomic E-state index is 13.3. The molecule has 2 nitrogen and oxygen atoms in total. The number of halogens is 2. The van der Waals surface area contributed by atoms with E-state index in [4.69, 9.17) is 10.5 Å². The number of rotatable bonds is 4. The lowest BCUT2D eigenvalue weighted by Gasteiger charge is -2.08. The van der Waals surface area contributed by atoms with Crippen molar-refractivity contribution in [2.45, 2.75) is 19.4 Å². The predicted molar refractivity (Wildman–Crippen MR) is 52.5 cm³/mol. The fraction of sp³-hybridized carbons (Fsp3) is 0.455. The fourth-order valence-electron chi connectivity index (χ4n) is 1.35. The van der Waals surface area contributed by atoms with Gasteiger partial charge in [-0.25, -0.2) is 8.78 Å². The molecule has 0 heterocycles. The molecule has 0 atom stereocenters. The molecule has 15 heavy (non-hydrogen) atoms. The molecule has 0 saturated heterocycles. The molecule has 0 aliphatic heterocycles. The van der Waals surface area contributed by atoms with Crippen LogP contribution >= 0.6 is 0 Å². The van der Waals surface area contributed by atoms with Gasteiger partial charge in [0.25, 0.3) is 0 Å². The minimum Gasteiger partial charge on any atom is -0.487 e. The normalized spacial score (nSPS) is 15.4. The topological polar surface area (TPSA) is 35.2 Å². The molecular formula is C11H13F2NO. The first kappa shape index (κ1) is 10.4. The van der Waals surface area contributed by atoms with E-state index in [-0.39, 0.29) is 12.3 Å².